The highest BCUT2D eigenvalue weighted by Gasteiger charge is 2.14. The van der Waals surface area contributed by atoms with E-state index in [1.165, 1.54) is 20.3 Å². The number of rotatable bonds is 5. The van der Waals surface area contributed by atoms with Gasteiger partial charge in [0.25, 0.3) is 0 Å². The predicted octanol–water partition coefficient (Wildman–Crippen LogP) is 3.65. The van der Waals surface area contributed by atoms with Gasteiger partial charge in [-0.1, -0.05) is 6.07 Å². The second-order valence-corrected chi connectivity index (χ2v) is 6.12. The maximum absolute atomic E-state index is 11.5. The summed E-state index contributed by atoms with van der Waals surface area (Å²) in [4.78, 5) is 22.6. The highest BCUT2D eigenvalue weighted by molar-refractivity contribution is 5.92. The molecule has 3 aromatic rings. The largest absolute Gasteiger partial charge is 0.496 e. The first-order valence-electron chi connectivity index (χ1n) is 8.26. The van der Waals surface area contributed by atoms with E-state index in [9.17, 15) is 9.59 Å². The van der Waals surface area contributed by atoms with Crippen molar-refractivity contribution in [1.29, 1.82) is 0 Å². The van der Waals surface area contributed by atoms with Gasteiger partial charge >= 0.3 is 12.1 Å². The molecule has 0 unspecified atom stereocenters. The van der Waals surface area contributed by atoms with Gasteiger partial charge in [-0.05, 0) is 41.5 Å². The monoisotopic (exact) mass is 368 g/mol. The molecule has 7 heteroatoms. The van der Waals surface area contributed by atoms with E-state index in [0.29, 0.717) is 17.9 Å². The van der Waals surface area contributed by atoms with E-state index in [4.69, 9.17) is 9.84 Å². The summed E-state index contributed by atoms with van der Waals surface area (Å²) in [6.07, 6.45) is 2.04. The normalized spacial score (nSPS) is 10.6. The van der Waals surface area contributed by atoms with Crippen LogP contribution in [0.1, 0.15) is 21.5 Å². The minimum Gasteiger partial charge on any atom is -0.496 e. The molecule has 0 radical (unpaired) electrons. The zero-order chi connectivity index (χ0) is 19.6. The van der Waals surface area contributed by atoms with Gasteiger partial charge in [-0.2, -0.15) is 0 Å². The summed E-state index contributed by atoms with van der Waals surface area (Å²) in [6, 6.07) is 10.5. The van der Waals surface area contributed by atoms with Crippen molar-refractivity contribution in [1.82, 2.24) is 4.57 Å². The van der Waals surface area contributed by atoms with Crippen molar-refractivity contribution in [2.75, 3.05) is 19.5 Å². The quantitative estimate of drug-likeness (QED) is 0.717. The molecule has 0 spiro atoms. The van der Waals surface area contributed by atoms with Crippen LogP contribution in [0, 0.1) is 0 Å². The van der Waals surface area contributed by atoms with Crippen LogP contribution in [0.25, 0.3) is 10.9 Å². The van der Waals surface area contributed by atoms with Crippen LogP contribution >= 0.6 is 0 Å². The number of carbonyl (C=O) groups excluding carboxylic acids is 1. The standard InChI is InChI=1S/C20H20N2O5/c1-22-11-14(8-12-4-5-13(19(23)24)9-18(12)26-2)16-10-15(6-7-17(16)22)21-20(25)27-3/h4-7,9-11H,8H2,1-3H3,(H,21,25)(H,23,24). The summed E-state index contributed by atoms with van der Waals surface area (Å²) in [5.74, 6) is -0.473. The van der Waals surface area contributed by atoms with Crippen molar-refractivity contribution in [3.05, 3.63) is 59.3 Å². The van der Waals surface area contributed by atoms with Gasteiger partial charge in [-0.25, -0.2) is 9.59 Å². The van der Waals surface area contributed by atoms with E-state index in [0.717, 1.165) is 22.0 Å². The fraction of sp³-hybridized carbons (Fsp3) is 0.200. The number of carboxylic acids is 1. The van der Waals surface area contributed by atoms with Crippen LogP contribution in [0.5, 0.6) is 5.75 Å². The van der Waals surface area contributed by atoms with E-state index in [-0.39, 0.29) is 5.56 Å². The molecule has 3 rings (SSSR count). The van der Waals surface area contributed by atoms with Gasteiger partial charge in [0.1, 0.15) is 5.75 Å². The summed E-state index contributed by atoms with van der Waals surface area (Å²) < 4.78 is 12.0. The summed E-state index contributed by atoms with van der Waals surface area (Å²) in [6.45, 7) is 0. The molecule has 0 bridgehead atoms. The maximum atomic E-state index is 11.5. The third-order valence-corrected chi connectivity index (χ3v) is 4.42. The number of anilines is 1. The van der Waals surface area contributed by atoms with Gasteiger partial charge < -0.3 is 19.1 Å². The summed E-state index contributed by atoms with van der Waals surface area (Å²) >= 11 is 0. The SMILES string of the molecule is COC(=O)Nc1ccc2c(c1)c(Cc1ccc(C(=O)O)cc1OC)cn2C. The number of hydrogen-bond acceptors (Lipinski definition) is 4. The molecule has 0 aliphatic carbocycles. The molecule has 7 nitrogen and oxygen atoms in total. The van der Waals surface area contributed by atoms with E-state index in [1.54, 1.807) is 12.1 Å². The Morgan fingerprint density at radius 3 is 2.56 bits per heavy atom. The van der Waals surface area contributed by atoms with Gasteiger partial charge in [0.2, 0.25) is 0 Å². The lowest BCUT2D eigenvalue weighted by atomic mass is 10.0. The van der Waals surface area contributed by atoms with E-state index in [2.05, 4.69) is 10.1 Å². The lowest BCUT2D eigenvalue weighted by molar-refractivity contribution is 0.0696. The van der Waals surface area contributed by atoms with Gasteiger partial charge in [0, 0.05) is 36.3 Å². The Morgan fingerprint density at radius 1 is 1.11 bits per heavy atom. The van der Waals surface area contributed by atoms with Crippen LogP contribution in [-0.4, -0.2) is 36.0 Å². The molecular formula is C20H20N2O5. The van der Waals surface area contributed by atoms with Crippen molar-refractivity contribution in [3.63, 3.8) is 0 Å². The predicted molar refractivity (Wildman–Crippen MR) is 102 cm³/mol. The molecule has 140 valence electrons. The van der Waals surface area contributed by atoms with Gasteiger partial charge in [0.15, 0.2) is 0 Å². The molecule has 0 fully saturated rings. The highest BCUT2D eigenvalue weighted by atomic mass is 16.5. The molecule has 27 heavy (non-hydrogen) atoms. The maximum Gasteiger partial charge on any atom is 0.411 e. The van der Waals surface area contributed by atoms with E-state index in [1.807, 2.05) is 36.0 Å². The third-order valence-electron chi connectivity index (χ3n) is 4.42. The number of carbonyl (C=O) groups is 2. The van der Waals surface area contributed by atoms with Crippen molar-refractivity contribution >= 4 is 28.7 Å². The lowest BCUT2D eigenvalue weighted by Crippen LogP contribution is -2.10. The van der Waals surface area contributed by atoms with Crippen molar-refractivity contribution in [2.45, 2.75) is 6.42 Å². The number of nitrogens with one attached hydrogen (secondary N) is 1. The number of carboxylic acid groups (broad SMARTS) is 1. The third kappa shape index (κ3) is 3.72. The Morgan fingerprint density at radius 2 is 1.89 bits per heavy atom. The Hall–Kier alpha value is -3.48. The van der Waals surface area contributed by atoms with Crippen LogP contribution in [-0.2, 0) is 18.2 Å². The van der Waals surface area contributed by atoms with Crippen LogP contribution in [0.4, 0.5) is 10.5 Å². The smallest absolute Gasteiger partial charge is 0.411 e. The second kappa shape index (κ2) is 7.41. The first-order valence-corrected chi connectivity index (χ1v) is 8.26. The zero-order valence-electron chi connectivity index (χ0n) is 15.3. The number of hydrogen-bond donors (Lipinski definition) is 2. The van der Waals surface area contributed by atoms with Gasteiger partial charge in [-0.3, -0.25) is 5.32 Å². The van der Waals surface area contributed by atoms with Crippen LogP contribution in [0.15, 0.2) is 42.6 Å². The van der Waals surface area contributed by atoms with E-state index < -0.39 is 12.1 Å². The molecule has 0 aliphatic heterocycles. The van der Waals surface area contributed by atoms with Gasteiger partial charge in [0.05, 0.1) is 19.8 Å². The first kappa shape index (κ1) is 18.3. The number of benzene rings is 2. The number of aromatic carboxylic acids is 1. The number of aromatic nitrogens is 1. The molecule has 1 aromatic heterocycles. The molecule has 2 aromatic carbocycles. The van der Waals surface area contributed by atoms with Crippen LogP contribution in [0.2, 0.25) is 0 Å². The topological polar surface area (TPSA) is 89.8 Å². The average Bonchev–Trinajstić information content (AvgIpc) is 2.96. The first-order chi connectivity index (χ1) is 12.9. The molecule has 0 saturated heterocycles. The average molecular weight is 368 g/mol. The lowest BCUT2D eigenvalue weighted by Gasteiger charge is -2.09. The molecule has 2 N–H and O–H groups in total. The Balaban J connectivity index is 2.00. The van der Waals surface area contributed by atoms with Crippen molar-refractivity contribution in [3.8, 4) is 5.75 Å². The minimum atomic E-state index is -0.997. The van der Waals surface area contributed by atoms with Crippen LogP contribution < -0.4 is 10.1 Å². The molecule has 1 amide bonds. The summed E-state index contributed by atoms with van der Waals surface area (Å²) in [5, 5.41) is 12.8. The molecule has 0 atom stereocenters. The molecule has 0 aliphatic rings. The van der Waals surface area contributed by atoms with Crippen molar-refractivity contribution < 1.29 is 24.2 Å². The fourth-order valence-corrected chi connectivity index (χ4v) is 3.09. The van der Waals surface area contributed by atoms with E-state index >= 15 is 0 Å². The van der Waals surface area contributed by atoms with Crippen molar-refractivity contribution in [2.24, 2.45) is 7.05 Å². The number of amides is 1. The Kier molecular flexibility index (Phi) is 5.03. The minimum absolute atomic E-state index is 0.179. The number of aryl methyl sites for hydroxylation is 1. The highest BCUT2D eigenvalue weighted by Crippen LogP contribution is 2.29. The summed E-state index contributed by atoms with van der Waals surface area (Å²) in [5.41, 5.74) is 3.73. The zero-order valence-corrected chi connectivity index (χ0v) is 15.3. The number of fused-ring (bicyclic) bond motifs is 1. The number of nitrogens with zero attached hydrogens (tertiary/aromatic N) is 1. The molecule has 0 saturated carbocycles. The summed E-state index contributed by atoms with van der Waals surface area (Å²) in [7, 11) is 4.78. The van der Waals surface area contributed by atoms with Crippen LogP contribution in [0.3, 0.4) is 0 Å². The van der Waals surface area contributed by atoms with Gasteiger partial charge in [-0.15, -0.1) is 0 Å². The fourth-order valence-electron chi connectivity index (χ4n) is 3.09. The molecular weight excluding hydrogens is 348 g/mol. The number of methoxy groups -OCH3 is 2. The molecule has 1 heterocycles. The Labute approximate surface area is 156 Å². The second-order valence-electron chi connectivity index (χ2n) is 6.12. The Bertz CT molecular complexity index is 1020. The number of ether oxygens (including phenoxy) is 2.